The van der Waals surface area contributed by atoms with Crippen LogP contribution >= 0.6 is 0 Å². The number of pyridine rings is 2. The van der Waals surface area contributed by atoms with E-state index in [4.69, 9.17) is 0 Å². The zero-order valence-electron chi connectivity index (χ0n) is 20.1. The summed E-state index contributed by atoms with van der Waals surface area (Å²) in [5.74, 6) is -0.00396. The quantitative estimate of drug-likeness (QED) is 0.356. The lowest BCUT2D eigenvalue weighted by molar-refractivity contribution is 0.577. The van der Waals surface area contributed by atoms with Gasteiger partial charge in [0.15, 0.2) is 5.03 Å². The average molecular weight is 502 g/mol. The van der Waals surface area contributed by atoms with Gasteiger partial charge in [-0.15, -0.1) is 4.09 Å². The van der Waals surface area contributed by atoms with Crippen molar-refractivity contribution in [3.05, 3.63) is 67.3 Å². The highest BCUT2D eigenvalue weighted by Gasteiger charge is 2.28. The van der Waals surface area contributed by atoms with Gasteiger partial charge in [-0.05, 0) is 23.6 Å². The lowest BCUT2D eigenvalue weighted by Crippen LogP contribution is -2.17. The maximum Gasteiger partial charge on any atom is 0.301 e. The molecule has 0 aromatic carbocycles. The first kappa shape index (κ1) is 22.2. The molecule has 0 aliphatic carbocycles. The number of hydrogen-bond acceptors (Lipinski definition) is 7. The Labute approximate surface area is 206 Å². The first-order valence-corrected chi connectivity index (χ1v) is 12.8. The Hall–Kier alpha value is -4.32. The largest absolute Gasteiger partial charge is 0.301 e. The van der Waals surface area contributed by atoms with Crippen LogP contribution in [0, 0.1) is 0 Å². The van der Waals surface area contributed by atoms with Gasteiger partial charge in [0.1, 0.15) is 16.7 Å². The van der Waals surface area contributed by atoms with E-state index in [1.54, 1.807) is 44.6 Å². The predicted octanol–water partition coefficient (Wildman–Crippen LogP) is 3.24. The standard InChI is InChI=1S/C24H23N9O2S/c1-15(2)23-19(18-8-28-31(4)13-18)9-25-20-10-29-33(24(20)23)36(34,35)22-11-26-21-6-5-16(14-32(21)22)17-7-27-30(3)12-17/h5-15H,1-4H3. The molecule has 6 aromatic rings. The molecular formula is C24H23N9O2S. The monoisotopic (exact) mass is 501 g/mol. The molecule has 0 N–H and O–H groups in total. The van der Waals surface area contributed by atoms with Crippen molar-refractivity contribution >= 4 is 26.7 Å². The van der Waals surface area contributed by atoms with Crippen LogP contribution in [-0.4, -0.2) is 51.5 Å². The molecule has 0 bridgehead atoms. The van der Waals surface area contributed by atoms with Gasteiger partial charge in [-0.3, -0.25) is 18.7 Å². The fraction of sp³-hybridized carbons (Fsp3) is 0.208. The summed E-state index contributed by atoms with van der Waals surface area (Å²) in [4.78, 5) is 8.86. The van der Waals surface area contributed by atoms with Crippen molar-refractivity contribution in [2.45, 2.75) is 24.8 Å². The molecule has 6 rings (SSSR count). The first-order valence-electron chi connectivity index (χ1n) is 11.3. The van der Waals surface area contributed by atoms with Crippen molar-refractivity contribution in [2.24, 2.45) is 14.1 Å². The van der Waals surface area contributed by atoms with Crippen LogP contribution in [0.3, 0.4) is 0 Å². The summed E-state index contributed by atoms with van der Waals surface area (Å²) in [6, 6.07) is 3.67. The van der Waals surface area contributed by atoms with Crippen LogP contribution in [0.4, 0.5) is 0 Å². The molecule has 182 valence electrons. The van der Waals surface area contributed by atoms with Crippen LogP contribution in [-0.2, 0) is 24.1 Å². The minimum absolute atomic E-state index is 0.00396. The third-order valence-corrected chi connectivity index (χ3v) is 7.75. The van der Waals surface area contributed by atoms with Crippen molar-refractivity contribution in [1.82, 2.24) is 43.1 Å². The summed E-state index contributed by atoms with van der Waals surface area (Å²) in [6.45, 7) is 4.04. The number of imidazole rings is 1. The van der Waals surface area contributed by atoms with Gasteiger partial charge in [-0.1, -0.05) is 13.8 Å². The third kappa shape index (κ3) is 3.33. The van der Waals surface area contributed by atoms with Crippen LogP contribution in [0.5, 0.6) is 0 Å². The second kappa shape index (κ2) is 7.85. The van der Waals surface area contributed by atoms with E-state index in [0.29, 0.717) is 16.7 Å². The van der Waals surface area contributed by atoms with E-state index >= 15 is 0 Å². The smallest absolute Gasteiger partial charge is 0.288 e. The molecule has 0 radical (unpaired) electrons. The Morgan fingerprint density at radius 2 is 1.50 bits per heavy atom. The molecule has 6 aromatic heterocycles. The van der Waals surface area contributed by atoms with Crippen molar-refractivity contribution in [2.75, 3.05) is 0 Å². The summed E-state index contributed by atoms with van der Waals surface area (Å²) >= 11 is 0. The summed E-state index contributed by atoms with van der Waals surface area (Å²) in [6.07, 6.45) is 13.6. The average Bonchev–Trinajstić information content (AvgIpc) is 3.63. The van der Waals surface area contributed by atoms with E-state index in [-0.39, 0.29) is 10.9 Å². The van der Waals surface area contributed by atoms with Gasteiger partial charge in [0.05, 0.1) is 24.8 Å². The van der Waals surface area contributed by atoms with E-state index in [9.17, 15) is 8.42 Å². The minimum atomic E-state index is -4.12. The topological polar surface area (TPSA) is 118 Å². The summed E-state index contributed by atoms with van der Waals surface area (Å²) in [5.41, 5.74) is 5.66. The molecule has 0 unspecified atom stereocenters. The van der Waals surface area contributed by atoms with Gasteiger partial charge in [0.25, 0.3) is 0 Å². The number of fused-ring (bicyclic) bond motifs is 2. The van der Waals surface area contributed by atoms with E-state index in [2.05, 4.69) is 25.3 Å². The number of aromatic nitrogens is 9. The van der Waals surface area contributed by atoms with Gasteiger partial charge in [0.2, 0.25) is 0 Å². The minimum Gasteiger partial charge on any atom is -0.288 e. The number of hydrogen-bond donors (Lipinski definition) is 0. The maximum absolute atomic E-state index is 14.0. The molecule has 0 spiro atoms. The van der Waals surface area contributed by atoms with Crippen LogP contribution in [0.1, 0.15) is 25.3 Å². The Kier molecular flexibility index (Phi) is 4.83. The summed E-state index contributed by atoms with van der Waals surface area (Å²) < 4.78 is 34.1. The van der Waals surface area contributed by atoms with Gasteiger partial charge in [0, 0.05) is 61.1 Å². The van der Waals surface area contributed by atoms with E-state index < -0.39 is 10.0 Å². The Morgan fingerprint density at radius 1 is 0.778 bits per heavy atom. The molecule has 0 saturated heterocycles. The number of rotatable bonds is 5. The number of nitrogens with zero attached hydrogens (tertiary/aromatic N) is 9. The first-order chi connectivity index (χ1) is 17.2. The lowest BCUT2D eigenvalue weighted by Gasteiger charge is -2.15. The zero-order valence-corrected chi connectivity index (χ0v) is 20.9. The maximum atomic E-state index is 14.0. The van der Waals surface area contributed by atoms with E-state index in [0.717, 1.165) is 31.9 Å². The lowest BCUT2D eigenvalue weighted by atomic mass is 9.94. The highest BCUT2D eigenvalue weighted by molar-refractivity contribution is 7.90. The fourth-order valence-corrected chi connectivity index (χ4v) is 5.89. The molecule has 0 atom stereocenters. The zero-order chi connectivity index (χ0) is 25.2. The molecular weight excluding hydrogens is 478 g/mol. The fourth-order valence-electron chi connectivity index (χ4n) is 4.53. The Morgan fingerprint density at radius 3 is 2.17 bits per heavy atom. The van der Waals surface area contributed by atoms with Crippen molar-refractivity contribution in [3.63, 3.8) is 0 Å². The molecule has 36 heavy (non-hydrogen) atoms. The second-order valence-electron chi connectivity index (χ2n) is 9.01. The van der Waals surface area contributed by atoms with Gasteiger partial charge in [-0.25, -0.2) is 4.98 Å². The van der Waals surface area contributed by atoms with Gasteiger partial charge < -0.3 is 0 Å². The van der Waals surface area contributed by atoms with Gasteiger partial charge >= 0.3 is 10.0 Å². The Balaban J connectivity index is 1.58. The second-order valence-corrected chi connectivity index (χ2v) is 10.7. The van der Waals surface area contributed by atoms with Crippen molar-refractivity contribution < 1.29 is 8.42 Å². The molecule has 0 aliphatic heterocycles. The Bertz CT molecular complexity index is 1870. The molecule has 6 heterocycles. The molecule has 0 aliphatic rings. The third-order valence-electron chi connectivity index (χ3n) is 6.19. The molecule has 0 saturated carbocycles. The predicted molar refractivity (Wildman–Crippen MR) is 134 cm³/mol. The van der Waals surface area contributed by atoms with Crippen LogP contribution in [0.15, 0.2) is 66.7 Å². The highest BCUT2D eigenvalue weighted by Crippen LogP contribution is 2.35. The number of aryl methyl sites for hydroxylation is 2. The van der Waals surface area contributed by atoms with E-state index in [1.165, 1.54) is 12.4 Å². The molecule has 12 heteroatoms. The normalized spacial score (nSPS) is 12.4. The van der Waals surface area contributed by atoms with Crippen LogP contribution in [0.2, 0.25) is 0 Å². The van der Waals surface area contributed by atoms with Crippen molar-refractivity contribution in [3.8, 4) is 22.3 Å². The highest BCUT2D eigenvalue weighted by atomic mass is 32.2. The van der Waals surface area contributed by atoms with Crippen LogP contribution < -0.4 is 0 Å². The van der Waals surface area contributed by atoms with Gasteiger partial charge in [-0.2, -0.15) is 23.7 Å². The van der Waals surface area contributed by atoms with Crippen molar-refractivity contribution in [1.29, 1.82) is 0 Å². The van der Waals surface area contributed by atoms with Crippen LogP contribution in [0.25, 0.3) is 38.9 Å². The molecule has 11 nitrogen and oxygen atoms in total. The molecule has 0 fully saturated rings. The van der Waals surface area contributed by atoms with E-state index in [1.807, 2.05) is 46.4 Å². The molecule has 0 amide bonds. The summed E-state index contributed by atoms with van der Waals surface area (Å²) in [7, 11) is -0.456. The summed E-state index contributed by atoms with van der Waals surface area (Å²) in [5, 5.41) is 12.8. The SMILES string of the molecule is CC(C)c1c(-c2cnn(C)c2)cnc2cnn(S(=O)(=O)c3cnc4ccc(-c5cnn(C)c5)cn34)c12.